The third-order valence-corrected chi connectivity index (χ3v) is 6.85. The van der Waals surface area contributed by atoms with Gasteiger partial charge in [0, 0.05) is 37.1 Å². The van der Waals surface area contributed by atoms with Crippen LogP contribution in [0.2, 0.25) is 0 Å². The summed E-state index contributed by atoms with van der Waals surface area (Å²) in [6.45, 7) is -0.478. The lowest BCUT2D eigenvalue weighted by molar-refractivity contribution is -0.142. The molecule has 0 radical (unpaired) electrons. The molecule has 0 unspecified atom stereocenters. The molecule has 0 atom stereocenters. The molecule has 42 heavy (non-hydrogen) atoms. The number of hydrogen-bond acceptors (Lipinski definition) is 9. The number of anilines is 2. The van der Waals surface area contributed by atoms with Crippen molar-refractivity contribution in [3.63, 3.8) is 0 Å². The number of nitrogens with zero attached hydrogens (tertiary/aromatic N) is 7. The molecule has 0 spiro atoms. The molecule has 2 fully saturated rings. The lowest BCUT2D eigenvalue weighted by atomic mass is 9.90. The van der Waals surface area contributed by atoms with Crippen molar-refractivity contribution in [2.24, 2.45) is 7.05 Å². The Labute approximate surface area is 236 Å². The van der Waals surface area contributed by atoms with E-state index in [4.69, 9.17) is 9.47 Å². The predicted octanol–water partition coefficient (Wildman–Crippen LogP) is 3.67. The Bertz CT molecular complexity index is 1360. The maximum atomic E-state index is 13.4. The minimum absolute atomic E-state index is 0.0231. The summed E-state index contributed by atoms with van der Waals surface area (Å²) < 4.78 is 78.0. The number of amides is 2. The number of nitrogens with one attached hydrogen (secondary N) is 2. The average Bonchev–Trinajstić information content (AvgIpc) is 3.37. The Hall–Kier alpha value is -4.15. The van der Waals surface area contributed by atoms with Crippen molar-refractivity contribution in [1.82, 2.24) is 35.0 Å². The van der Waals surface area contributed by atoms with Crippen molar-refractivity contribution in [1.29, 1.82) is 0 Å². The van der Waals surface area contributed by atoms with Crippen molar-refractivity contribution < 1.29 is 36.2 Å². The second-order valence-electron chi connectivity index (χ2n) is 9.95. The number of urea groups is 1. The third-order valence-electron chi connectivity index (χ3n) is 6.85. The second-order valence-corrected chi connectivity index (χ2v) is 9.95. The fourth-order valence-electron chi connectivity index (χ4n) is 4.68. The highest BCUT2D eigenvalue weighted by Gasteiger charge is 2.38. The van der Waals surface area contributed by atoms with Gasteiger partial charge in [0.15, 0.2) is 5.82 Å². The van der Waals surface area contributed by atoms with Crippen LogP contribution in [0.15, 0.2) is 31.0 Å². The van der Waals surface area contributed by atoms with Crippen LogP contribution in [-0.2, 0) is 18.0 Å². The predicted molar refractivity (Wildman–Crippen MR) is 138 cm³/mol. The smallest absolute Gasteiger partial charge is 0.423 e. The topological polar surface area (TPSA) is 132 Å². The van der Waals surface area contributed by atoms with Crippen LogP contribution in [0, 0.1) is 0 Å². The number of carbonyl (C=O) groups is 1. The van der Waals surface area contributed by atoms with Crippen LogP contribution in [0.4, 0.5) is 38.5 Å². The van der Waals surface area contributed by atoms with E-state index in [1.807, 2.05) is 0 Å². The quantitative estimate of drug-likeness (QED) is 0.355. The molecule has 3 aromatic heterocycles. The van der Waals surface area contributed by atoms with E-state index in [-0.39, 0.29) is 31.0 Å². The molecular weight excluding hydrogens is 569 g/mol. The van der Waals surface area contributed by atoms with Gasteiger partial charge >= 0.3 is 12.2 Å². The van der Waals surface area contributed by atoms with Crippen LogP contribution in [0.25, 0.3) is 11.3 Å². The Morgan fingerprint density at radius 3 is 2.45 bits per heavy atom. The minimum atomic E-state index is -4.69. The van der Waals surface area contributed by atoms with Gasteiger partial charge in [-0.25, -0.2) is 23.5 Å². The molecular formula is C25H28F5N9O3. The number of carbonyl (C=O) groups excluding carboxylic acids is 1. The van der Waals surface area contributed by atoms with Gasteiger partial charge in [-0.2, -0.15) is 23.3 Å². The van der Waals surface area contributed by atoms with Gasteiger partial charge in [0.25, 0.3) is 6.43 Å². The molecule has 2 N–H and O–H groups in total. The van der Waals surface area contributed by atoms with E-state index in [0.717, 1.165) is 5.56 Å². The fraction of sp³-hybridized carbons (Fsp3) is 0.520. The van der Waals surface area contributed by atoms with Crippen LogP contribution in [0.1, 0.15) is 31.2 Å². The van der Waals surface area contributed by atoms with Gasteiger partial charge in [0.2, 0.25) is 11.8 Å². The first-order valence-corrected chi connectivity index (χ1v) is 13.2. The van der Waals surface area contributed by atoms with Crippen molar-refractivity contribution in [3.05, 3.63) is 36.5 Å². The van der Waals surface area contributed by atoms with Crippen LogP contribution in [0.5, 0.6) is 5.88 Å². The maximum Gasteiger partial charge on any atom is 0.423 e. The summed E-state index contributed by atoms with van der Waals surface area (Å²) in [5.74, 6) is -0.402. The molecule has 1 aliphatic heterocycles. The Morgan fingerprint density at radius 2 is 1.88 bits per heavy atom. The minimum Gasteiger partial charge on any atom is -0.469 e. The summed E-state index contributed by atoms with van der Waals surface area (Å²) in [5, 5.41) is 9.38. The van der Waals surface area contributed by atoms with Crippen molar-refractivity contribution in [3.8, 4) is 17.1 Å². The van der Waals surface area contributed by atoms with Gasteiger partial charge in [-0.3, -0.25) is 14.6 Å². The van der Waals surface area contributed by atoms with Crippen molar-refractivity contribution >= 4 is 17.8 Å². The standard InChI is InChI=1S/C25H28F5N9O3/c1-38-11-14(6-35-38)19-8-32-21(10-31-19)39(24(40)34-9-20(26)27)16-4-2-15(3-5-16)36-23-33-7-18(25(28,29)30)22(37-23)42-17-12-41-13-17/h6-8,10-11,15-17,20H,2-5,9,12-13H2,1H3,(H,34,40)(H,33,36,37)/t15-,16-. The number of hydrogen-bond donors (Lipinski definition) is 2. The fourth-order valence-corrected chi connectivity index (χ4v) is 4.68. The highest BCUT2D eigenvalue weighted by Crippen LogP contribution is 2.36. The number of aromatic nitrogens is 6. The summed E-state index contributed by atoms with van der Waals surface area (Å²) in [4.78, 5) is 30.9. The molecule has 2 aliphatic rings. The van der Waals surface area contributed by atoms with Gasteiger partial charge in [-0.1, -0.05) is 0 Å². The molecule has 12 nitrogen and oxygen atoms in total. The number of alkyl halides is 5. The normalized spacial score (nSPS) is 19.3. The molecule has 4 heterocycles. The van der Waals surface area contributed by atoms with Crippen LogP contribution < -0.4 is 20.3 Å². The van der Waals surface area contributed by atoms with Crippen LogP contribution >= 0.6 is 0 Å². The molecule has 1 saturated heterocycles. The number of ether oxygens (including phenoxy) is 2. The molecule has 1 saturated carbocycles. The summed E-state index contributed by atoms with van der Waals surface area (Å²) in [6.07, 6.45) is 0.835. The first kappa shape index (κ1) is 29.3. The van der Waals surface area contributed by atoms with Crippen LogP contribution in [0.3, 0.4) is 0 Å². The second kappa shape index (κ2) is 12.4. The molecule has 2 amide bonds. The summed E-state index contributed by atoms with van der Waals surface area (Å²) in [7, 11) is 1.76. The largest absolute Gasteiger partial charge is 0.469 e. The highest BCUT2D eigenvalue weighted by atomic mass is 19.4. The summed E-state index contributed by atoms with van der Waals surface area (Å²) >= 11 is 0. The number of halogens is 5. The van der Waals surface area contributed by atoms with Gasteiger partial charge in [-0.15, -0.1) is 0 Å². The van der Waals surface area contributed by atoms with E-state index in [9.17, 15) is 26.7 Å². The molecule has 17 heteroatoms. The van der Waals surface area contributed by atoms with E-state index < -0.39 is 48.8 Å². The lowest BCUT2D eigenvalue weighted by Crippen LogP contribution is -2.50. The van der Waals surface area contributed by atoms with E-state index in [1.165, 1.54) is 17.3 Å². The first-order valence-electron chi connectivity index (χ1n) is 13.2. The molecule has 0 bridgehead atoms. The van der Waals surface area contributed by atoms with E-state index in [1.54, 1.807) is 24.1 Å². The van der Waals surface area contributed by atoms with Gasteiger partial charge in [-0.05, 0) is 25.7 Å². The molecule has 5 rings (SSSR count). The average molecular weight is 598 g/mol. The summed E-state index contributed by atoms with van der Waals surface area (Å²) in [6, 6.07) is -1.35. The van der Waals surface area contributed by atoms with Gasteiger partial charge in [0.05, 0.1) is 44.0 Å². The zero-order chi connectivity index (χ0) is 29.9. The van der Waals surface area contributed by atoms with E-state index in [2.05, 4.69) is 35.7 Å². The van der Waals surface area contributed by atoms with Crippen molar-refractivity contribution in [2.45, 2.75) is 56.5 Å². The molecule has 0 aromatic carbocycles. The zero-order valence-corrected chi connectivity index (χ0v) is 22.4. The first-order chi connectivity index (χ1) is 20.1. The monoisotopic (exact) mass is 597 g/mol. The Morgan fingerprint density at radius 1 is 1.12 bits per heavy atom. The Kier molecular flexibility index (Phi) is 8.65. The van der Waals surface area contributed by atoms with Gasteiger partial charge in [0.1, 0.15) is 11.7 Å². The molecule has 226 valence electrons. The molecule has 1 aliphatic carbocycles. The highest BCUT2D eigenvalue weighted by molar-refractivity contribution is 5.91. The maximum absolute atomic E-state index is 13.4. The zero-order valence-electron chi connectivity index (χ0n) is 22.4. The Balaban J connectivity index is 1.27. The molecule has 3 aromatic rings. The third kappa shape index (κ3) is 7.00. The number of aryl methyl sites for hydroxylation is 1. The lowest BCUT2D eigenvalue weighted by Gasteiger charge is -2.36. The number of rotatable bonds is 9. The SMILES string of the molecule is Cn1cc(-c2cnc(N(C(=O)NCC(F)F)[C@H]3CC[C@H](Nc4ncc(C(F)(F)F)c(OC5COC5)n4)CC3)cn2)cn1. The van der Waals surface area contributed by atoms with E-state index in [0.29, 0.717) is 37.6 Å². The van der Waals surface area contributed by atoms with Crippen molar-refractivity contribution in [2.75, 3.05) is 30.0 Å². The van der Waals surface area contributed by atoms with Crippen LogP contribution in [-0.4, -0.2) is 80.1 Å². The van der Waals surface area contributed by atoms with Gasteiger partial charge < -0.3 is 20.1 Å². The summed E-state index contributed by atoms with van der Waals surface area (Å²) in [5.41, 5.74) is 0.166. The van der Waals surface area contributed by atoms with E-state index >= 15 is 0 Å².